The summed E-state index contributed by atoms with van der Waals surface area (Å²) < 4.78 is 10.7. The van der Waals surface area contributed by atoms with Gasteiger partial charge in [-0.15, -0.1) is 0 Å². The van der Waals surface area contributed by atoms with E-state index in [0.29, 0.717) is 12.0 Å². The third-order valence-electron chi connectivity index (χ3n) is 3.34. The second-order valence-electron chi connectivity index (χ2n) is 4.60. The predicted octanol–water partition coefficient (Wildman–Crippen LogP) is 2.38. The Hall–Kier alpha value is -1.06. The van der Waals surface area contributed by atoms with Crippen molar-refractivity contribution in [3.8, 4) is 5.75 Å². The molecule has 1 aromatic carbocycles. The van der Waals surface area contributed by atoms with Crippen LogP contribution in [-0.4, -0.2) is 26.9 Å². The Balaban J connectivity index is 1.91. The van der Waals surface area contributed by atoms with Gasteiger partial charge >= 0.3 is 0 Å². The Kier molecular flexibility index (Phi) is 4.40. The number of hydrogen-bond acceptors (Lipinski definition) is 3. The van der Waals surface area contributed by atoms with Crippen molar-refractivity contribution in [3.05, 3.63) is 29.8 Å². The van der Waals surface area contributed by atoms with Crippen LogP contribution in [0.1, 0.15) is 24.9 Å². The van der Waals surface area contributed by atoms with E-state index in [0.717, 1.165) is 25.5 Å². The summed E-state index contributed by atoms with van der Waals surface area (Å²) in [7, 11) is 1.72. The molecule has 1 unspecified atom stereocenters. The molecule has 2 atom stereocenters. The van der Waals surface area contributed by atoms with Crippen LogP contribution in [0.3, 0.4) is 0 Å². The van der Waals surface area contributed by atoms with Crippen molar-refractivity contribution in [3.63, 3.8) is 0 Å². The Morgan fingerprint density at radius 2 is 2.29 bits per heavy atom. The molecule has 0 saturated carbocycles. The average Bonchev–Trinajstić information content (AvgIpc) is 2.89. The molecule has 1 aromatic rings. The van der Waals surface area contributed by atoms with Crippen LogP contribution >= 0.6 is 0 Å². The molecule has 2 rings (SSSR count). The fraction of sp³-hybridized carbons (Fsp3) is 0.571. The SMILES string of the molecule is COc1ccccc1[C@@H](C)NCC1CCOC1. The summed E-state index contributed by atoms with van der Waals surface area (Å²) in [4.78, 5) is 0. The lowest BCUT2D eigenvalue weighted by atomic mass is 10.1. The van der Waals surface area contributed by atoms with Crippen molar-refractivity contribution in [2.24, 2.45) is 5.92 Å². The molecule has 0 aliphatic carbocycles. The van der Waals surface area contributed by atoms with Crippen LogP contribution in [0.25, 0.3) is 0 Å². The number of hydrogen-bond donors (Lipinski definition) is 1. The lowest BCUT2D eigenvalue weighted by Crippen LogP contribution is -2.26. The predicted molar refractivity (Wildman–Crippen MR) is 68.3 cm³/mol. The molecule has 0 aromatic heterocycles. The zero-order chi connectivity index (χ0) is 12.1. The molecule has 3 nitrogen and oxygen atoms in total. The van der Waals surface area contributed by atoms with Gasteiger partial charge in [0.05, 0.1) is 13.7 Å². The first kappa shape index (κ1) is 12.4. The average molecular weight is 235 g/mol. The van der Waals surface area contributed by atoms with Crippen molar-refractivity contribution in [2.45, 2.75) is 19.4 Å². The van der Waals surface area contributed by atoms with E-state index in [4.69, 9.17) is 9.47 Å². The lowest BCUT2D eigenvalue weighted by molar-refractivity contribution is 0.184. The molecule has 1 aliphatic rings. The summed E-state index contributed by atoms with van der Waals surface area (Å²) in [5.41, 5.74) is 1.22. The molecular weight excluding hydrogens is 214 g/mol. The minimum Gasteiger partial charge on any atom is -0.496 e. The molecule has 1 aliphatic heterocycles. The van der Waals surface area contributed by atoms with Crippen molar-refractivity contribution in [1.82, 2.24) is 5.32 Å². The molecule has 1 heterocycles. The highest BCUT2D eigenvalue weighted by Crippen LogP contribution is 2.24. The first-order valence-corrected chi connectivity index (χ1v) is 6.25. The van der Waals surface area contributed by atoms with Gasteiger partial charge in [-0.25, -0.2) is 0 Å². The van der Waals surface area contributed by atoms with Gasteiger partial charge in [0, 0.05) is 24.8 Å². The third kappa shape index (κ3) is 3.20. The first-order valence-electron chi connectivity index (χ1n) is 6.25. The van der Waals surface area contributed by atoms with Crippen molar-refractivity contribution >= 4 is 0 Å². The number of ether oxygens (including phenoxy) is 2. The minimum atomic E-state index is 0.312. The van der Waals surface area contributed by atoms with Gasteiger partial charge in [-0.1, -0.05) is 18.2 Å². The highest BCUT2D eigenvalue weighted by atomic mass is 16.5. The zero-order valence-electron chi connectivity index (χ0n) is 10.6. The van der Waals surface area contributed by atoms with Crippen LogP contribution in [0, 0.1) is 5.92 Å². The maximum absolute atomic E-state index is 5.38. The van der Waals surface area contributed by atoms with E-state index in [-0.39, 0.29) is 0 Å². The van der Waals surface area contributed by atoms with E-state index in [1.54, 1.807) is 7.11 Å². The lowest BCUT2D eigenvalue weighted by Gasteiger charge is -2.19. The number of benzene rings is 1. The molecule has 1 saturated heterocycles. The van der Waals surface area contributed by atoms with Crippen LogP contribution in [0.5, 0.6) is 5.75 Å². The van der Waals surface area contributed by atoms with E-state index >= 15 is 0 Å². The maximum atomic E-state index is 5.38. The molecule has 94 valence electrons. The van der Waals surface area contributed by atoms with Gasteiger partial charge in [0.15, 0.2) is 0 Å². The summed E-state index contributed by atoms with van der Waals surface area (Å²) in [6.45, 7) is 4.99. The second-order valence-corrected chi connectivity index (χ2v) is 4.60. The summed E-state index contributed by atoms with van der Waals surface area (Å²) in [5.74, 6) is 1.61. The fourth-order valence-corrected chi connectivity index (χ4v) is 2.22. The van der Waals surface area contributed by atoms with E-state index in [9.17, 15) is 0 Å². The number of nitrogens with one attached hydrogen (secondary N) is 1. The molecule has 0 amide bonds. The highest BCUT2D eigenvalue weighted by Gasteiger charge is 2.17. The molecular formula is C14H21NO2. The Morgan fingerprint density at radius 3 is 3.00 bits per heavy atom. The van der Waals surface area contributed by atoms with E-state index in [1.807, 2.05) is 12.1 Å². The highest BCUT2D eigenvalue weighted by molar-refractivity contribution is 5.35. The van der Waals surface area contributed by atoms with Crippen LogP contribution in [-0.2, 0) is 4.74 Å². The summed E-state index contributed by atoms with van der Waals surface area (Å²) in [5, 5.41) is 3.56. The van der Waals surface area contributed by atoms with Gasteiger partial charge in [-0.05, 0) is 25.3 Å². The Bertz CT molecular complexity index is 348. The molecule has 1 N–H and O–H groups in total. The van der Waals surface area contributed by atoms with Gasteiger partial charge in [0.1, 0.15) is 5.75 Å². The number of methoxy groups -OCH3 is 1. The van der Waals surface area contributed by atoms with Crippen molar-refractivity contribution in [1.29, 1.82) is 0 Å². The van der Waals surface area contributed by atoms with Gasteiger partial charge in [-0.2, -0.15) is 0 Å². The van der Waals surface area contributed by atoms with E-state index < -0.39 is 0 Å². The topological polar surface area (TPSA) is 30.5 Å². The molecule has 17 heavy (non-hydrogen) atoms. The van der Waals surface area contributed by atoms with E-state index in [2.05, 4.69) is 24.4 Å². The molecule has 0 spiro atoms. The zero-order valence-corrected chi connectivity index (χ0v) is 10.6. The van der Waals surface area contributed by atoms with Gasteiger partial charge in [0.2, 0.25) is 0 Å². The standard InChI is InChI=1S/C14H21NO2/c1-11(15-9-12-7-8-17-10-12)13-5-3-4-6-14(13)16-2/h3-6,11-12,15H,7-10H2,1-2H3/t11-,12?/m1/s1. The quantitative estimate of drug-likeness (QED) is 0.850. The summed E-state index contributed by atoms with van der Waals surface area (Å²) in [6, 6.07) is 8.48. The normalized spacial score (nSPS) is 21.4. The molecule has 0 bridgehead atoms. The van der Waals surface area contributed by atoms with Gasteiger partial charge < -0.3 is 14.8 Å². The molecule has 3 heteroatoms. The fourth-order valence-electron chi connectivity index (χ4n) is 2.22. The van der Waals surface area contributed by atoms with Crippen molar-refractivity contribution in [2.75, 3.05) is 26.9 Å². The van der Waals surface area contributed by atoms with Gasteiger partial charge in [0.25, 0.3) is 0 Å². The third-order valence-corrected chi connectivity index (χ3v) is 3.34. The summed E-state index contributed by atoms with van der Waals surface area (Å²) in [6.07, 6.45) is 1.17. The maximum Gasteiger partial charge on any atom is 0.123 e. The van der Waals surface area contributed by atoms with Crippen molar-refractivity contribution < 1.29 is 9.47 Å². The smallest absolute Gasteiger partial charge is 0.123 e. The molecule has 0 radical (unpaired) electrons. The van der Waals surface area contributed by atoms with Crippen LogP contribution in [0.4, 0.5) is 0 Å². The number of para-hydroxylation sites is 1. The Morgan fingerprint density at radius 1 is 1.47 bits per heavy atom. The van der Waals surface area contributed by atoms with Gasteiger partial charge in [-0.3, -0.25) is 0 Å². The van der Waals surface area contributed by atoms with Crippen LogP contribution < -0.4 is 10.1 Å². The first-order chi connectivity index (χ1) is 8.31. The minimum absolute atomic E-state index is 0.312. The second kappa shape index (κ2) is 6.03. The Labute approximate surface area is 103 Å². The number of rotatable bonds is 5. The van der Waals surface area contributed by atoms with Crippen LogP contribution in [0.2, 0.25) is 0 Å². The molecule has 1 fully saturated rings. The van der Waals surface area contributed by atoms with Crippen LogP contribution in [0.15, 0.2) is 24.3 Å². The largest absolute Gasteiger partial charge is 0.496 e. The monoisotopic (exact) mass is 235 g/mol. The summed E-state index contributed by atoms with van der Waals surface area (Å²) >= 11 is 0. The van der Waals surface area contributed by atoms with E-state index in [1.165, 1.54) is 12.0 Å².